The van der Waals surface area contributed by atoms with E-state index in [0.29, 0.717) is 21.9 Å². The minimum Gasteiger partial charge on any atom is -0.496 e. The first-order valence-electron chi connectivity index (χ1n) is 5.99. The van der Waals surface area contributed by atoms with Gasteiger partial charge in [-0.25, -0.2) is 0 Å². The van der Waals surface area contributed by atoms with E-state index in [1.165, 1.54) is 7.11 Å². The van der Waals surface area contributed by atoms with Gasteiger partial charge < -0.3 is 4.74 Å². The lowest BCUT2D eigenvalue weighted by atomic mass is 9.96. The Balaban J connectivity index is 2.53. The fourth-order valence-electron chi connectivity index (χ4n) is 1.99. The Morgan fingerprint density at radius 1 is 1.11 bits per heavy atom. The van der Waals surface area contributed by atoms with Gasteiger partial charge in [-0.05, 0) is 43.2 Å². The number of rotatable bonds is 3. The molecule has 2 rings (SSSR count). The first kappa shape index (κ1) is 13.6. The van der Waals surface area contributed by atoms with Gasteiger partial charge in [0.1, 0.15) is 5.75 Å². The Morgan fingerprint density at radius 3 is 2.53 bits per heavy atom. The number of carbonyl (C=O) groups is 1. The maximum Gasteiger partial charge on any atom is 0.197 e. The molecular formula is C16H15ClO2. The summed E-state index contributed by atoms with van der Waals surface area (Å²) in [4.78, 5) is 12.6. The summed E-state index contributed by atoms with van der Waals surface area (Å²) >= 11 is 5.91. The molecule has 0 heterocycles. The summed E-state index contributed by atoms with van der Waals surface area (Å²) in [5, 5.41) is 0.550. The number of benzene rings is 2. The molecule has 0 aromatic heterocycles. The number of carbonyl (C=O) groups excluding carboxylic acids is 1. The molecule has 0 bridgehead atoms. The number of methoxy groups -OCH3 is 1. The molecule has 0 aliphatic carbocycles. The van der Waals surface area contributed by atoms with Crippen molar-refractivity contribution in [3.63, 3.8) is 0 Å². The molecular weight excluding hydrogens is 260 g/mol. The zero-order valence-corrected chi connectivity index (χ0v) is 11.9. The normalized spacial score (nSPS) is 10.3. The van der Waals surface area contributed by atoms with E-state index in [1.807, 2.05) is 32.0 Å². The van der Waals surface area contributed by atoms with Crippen molar-refractivity contribution in [2.45, 2.75) is 13.8 Å². The van der Waals surface area contributed by atoms with Crippen molar-refractivity contribution in [2.24, 2.45) is 0 Å². The van der Waals surface area contributed by atoms with Crippen molar-refractivity contribution in [1.29, 1.82) is 0 Å². The molecule has 0 amide bonds. The van der Waals surface area contributed by atoms with E-state index < -0.39 is 0 Å². The average Bonchev–Trinajstić information content (AvgIpc) is 2.41. The molecule has 98 valence electrons. The lowest BCUT2D eigenvalue weighted by Gasteiger charge is -2.11. The van der Waals surface area contributed by atoms with E-state index in [2.05, 4.69) is 0 Å². The second-order valence-corrected chi connectivity index (χ2v) is 4.86. The zero-order chi connectivity index (χ0) is 14.0. The molecule has 3 heteroatoms. The number of hydrogen-bond acceptors (Lipinski definition) is 2. The van der Waals surface area contributed by atoms with Crippen molar-refractivity contribution in [3.05, 3.63) is 63.7 Å². The van der Waals surface area contributed by atoms with Crippen molar-refractivity contribution < 1.29 is 9.53 Å². The van der Waals surface area contributed by atoms with E-state index in [0.717, 1.165) is 11.1 Å². The van der Waals surface area contributed by atoms with E-state index in [9.17, 15) is 4.79 Å². The number of aryl methyl sites for hydroxylation is 1. The lowest BCUT2D eigenvalue weighted by molar-refractivity contribution is 0.103. The quantitative estimate of drug-likeness (QED) is 0.784. The molecule has 0 atom stereocenters. The first-order valence-corrected chi connectivity index (χ1v) is 6.37. The zero-order valence-electron chi connectivity index (χ0n) is 11.2. The third-order valence-electron chi connectivity index (χ3n) is 3.26. The molecule has 0 saturated carbocycles. The van der Waals surface area contributed by atoms with Crippen molar-refractivity contribution in [2.75, 3.05) is 7.11 Å². The summed E-state index contributed by atoms with van der Waals surface area (Å²) in [7, 11) is 1.53. The van der Waals surface area contributed by atoms with Crippen LogP contribution in [0.3, 0.4) is 0 Å². The number of ketones is 1. The van der Waals surface area contributed by atoms with E-state index >= 15 is 0 Å². The largest absolute Gasteiger partial charge is 0.496 e. The third kappa shape index (κ3) is 2.64. The molecule has 2 aromatic rings. The number of ether oxygens (including phenoxy) is 1. The fourth-order valence-corrected chi connectivity index (χ4v) is 2.16. The summed E-state index contributed by atoms with van der Waals surface area (Å²) in [5.41, 5.74) is 3.31. The van der Waals surface area contributed by atoms with Crippen LogP contribution >= 0.6 is 11.6 Å². The van der Waals surface area contributed by atoms with Crippen LogP contribution in [-0.2, 0) is 0 Å². The van der Waals surface area contributed by atoms with E-state index in [-0.39, 0.29) is 5.78 Å². The Kier molecular flexibility index (Phi) is 3.91. The highest BCUT2D eigenvalue weighted by molar-refractivity contribution is 6.31. The predicted molar refractivity (Wildman–Crippen MR) is 77.4 cm³/mol. The number of hydrogen-bond donors (Lipinski definition) is 0. The SMILES string of the molecule is COc1cc(Cl)ccc1C(=O)c1cccc(C)c1C. The molecule has 0 fully saturated rings. The smallest absolute Gasteiger partial charge is 0.197 e. The molecule has 19 heavy (non-hydrogen) atoms. The van der Waals surface area contributed by atoms with E-state index in [4.69, 9.17) is 16.3 Å². The second kappa shape index (κ2) is 5.45. The van der Waals surface area contributed by atoms with Gasteiger partial charge in [-0.15, -0.1) is 0 Å². The summed E-state index contributed by atoms with van der Waals surface area (Å²) in [6, 6.07) is 10.8. The molecule has 0 N–H and O–H groups in total. The minimum absolute atomic E-state index is 0.0466. The van der Waals surface area contributed by atoms with Crippen LogP contribution in [0.4, 0.5) is 0 Å². The molecule has 0 spiro atoms. The maximum atomic E-state index is 12.6. The van der Waals surface area contributed by atoms with Gasteiger partial charge in [0.2, 0.25) is 0 Å². The summed E-state index contributed by atoms with van der Waals surface area (Å²) in [6.45, 7) is 3.94. The van der Waals surface area contributed by atoms with Crippen molar-refractivity contribution >= 4 is 17.4 Å². The van der Waals surface area contributed by atoms with Crippen LogP contribution in [0, 0.1) is 13.8 Å². The van der Waals surface area contributed by atoms with Crippen LogP contribution in [0.15, 0.2) is 36.4 Å². The van der Waals surface area contributed by atoms with Gasteiger partial charge >= 0.3 is 0 Å². The van der Waals surface area contributed by atoms with Crippen LogP contribution < -0.4 is 4.74 Å². The molecule has 0 aliphatic heterocycles. The molecule has 0 unspecified atom stereocenters. The van der Waals surface area contributed by atoms with Crippen LogP contribution in [0.25, 0.3) is 0 Å². The van der Waals surface area contributed by atoms with Gasteiger partial charge in [0.25, 0.3) is 0 Å². The Labute approximate surface area is 118 Å². The Hall–Kier alpha value is -1.80. The molecule has 2 nitrogen and oxygen atoms in total. The van der Waals surface area contributed by atoms with Crippen LogP contribution in [-0.4, -0.2) is 12.9 Å². The van der Waals surface area contributed by atoms with Crippen LogP contribution in [0.1, 0.15) is 27.0 Å². The lowest BCUT2D eigenvalue weighted by Crippen LogP contribution is -2.06. The van der Waals surface area contributed by atoms with Gasteiger partial charge in [-0.3, -0.25) is 4.79 Å². The summed E-state index contributed by atoms with van der Waals surface area (Å²) < 4.78 is 5.23. The summed E-state index contributed by atoms with van der Waals surface area (Å²) in [6.07, 6.45) is 0. The highest BCUT2D eigenvalue weighted by Crippen LogP contribution is 2.27. The van der Waals surface area contributed by atoms with Crippen molar-refractivity contribution in [1.82, 2.24) is 0 Å². The summed E-state index contributed by atoms with van der Waals surface area (Å²) in [5.74, 6) is 0.452. The molecule has 0 radical (unpaired) electrons. The van der Waals surface area contributed by atoms with Crippen LogP contribution in [0.2, 0.25) is 5.02 Å². The van der Waals surface area contributed by atoms with Gasteiger partial charge in [0.05, 0.1) is 12.7 Å². The monoisotopic (exact) mass is 274 g/mol. The van der Waals surface area contributed by atoms with Crippen LogP contribution in [0.5, 0.6) is 5.75 Å². The molecule has 0 aliphatic rings. The second-order valence-electron chi connectivity index (χ2n) is 4.42. The van der Waals surface area contributed by atoms with E-state index in [1.54, 1.807) is 18.2 Å². The average molecular weight is 275 g/mol. The predicted octanol–water partition coefficient (Wildman–Crippen LogP) is 4.20. The highest BCUT2D eigenvalue weighted by atomic mass is 35.5. The molecule has 2 aromatic carbocycles. The maximum absolute atomic E-state index is 12.6. The highest BCUT2D eigenvalue weighted by Gasteiger charge is 2.17. The minimum atomic E-state index is -0.0466. The van der Waals surface area contributed by atoms with Gasteiger partial charge in [-0.2, -0.15) is 0 Å². The first-order chi connectivity index (χ1) is 9.04. The van der Waals surface area contributed by atoms with Crippen molar-refractivity contribution in [3.8, 4) is 5.75 Å². The fraction of sp³-hybridized carbons (Fsp3) is 0.188. The van der Waals surface area contributed by atoms with Gasteiger partial charge in [0.15, 0.2) is 5.78 Å². The standard InChI is InChI=1S/C16H15ClO2/c1-10-5-4-6-13(11(10)2)16(18)14-8-7-12(17)9-15(14)19-3/h4-9H,1-3H3. The molecule has 0 saturated heterocycles. The van der Waals surface area contributed by atoms with Gasteiger partial charge in [-0.1, -0.05) is 29.8 Å². The Bertz CT molecular complexity index is 633. The topological polar surface area (TPSA) is 26.3 Å². The third-order valence-corrected chi connectivity index (χ3v) is 3.49. The number of halogens is 1. The Morgan fingerprint density at radius 2 is 1.84 bits per heavy atom. The van der Waals surface area contributed by atoms with Gasteiger partial charge in [0, 0.05) is 10.6 Å².